The second-order valence-corrected chi connectivity index (χ2v) is 8.08. The van der Waals surface area contributed by atoms with E-state index in [2.05, 4.69) is 24.3 Å². The lowest BCUT2D eigenvalue weighted by molar-refractivity contribution is -0.917. The summed E-state index contributed by atoms with van der Waals surface area (Å²) in [4.78, 5) is 42.8. The quantitative estimate of drug-likeness (QED) is 0.742. The monoisotopic (exact) mass is 406 g/mol. The number of piperazine rings is 1. The zero-order chi connectivity index (χ0) is 21.1. The first-order chi connectivity index (χ1) is 14.6. The Morgan fingerprint density at radius 3 is 2.37 bits per heavy atom. The van der Waals surface area contributed by atoms with E-state index in [1.165, 1.54) is 15.4 Å². The molecule has 2 heterocycles. The third-order valence-electron chi connectivity index (χ3n) is 6.01. The second-order valence-electron chi connectivity index (χ2n) is 8.08. The van der Waals surface area contributed by atoms with Crippen LogP contribution in [-0.4, -0.2) is 60.2 Å². The molecule has 0 unspecified atom stereocenters. The van der Waals surface area contributed by atoms with Crippen LogP contribution in [0.1, 0.15) is 56.4 Å². The van der Waals surface area contributed by atoms with Gasteiger partial charge >= 0.3 is 0 Å². The van der Waals surface area contributed by atoms with Gasteiger partial charge in [-0.1, -0.05) is 43.7 Å². The zero-order valence-electron chi connectivity index (χ0n) is 17.4. The molecule has 1 fully saturated rings. The van der Waals surface area contributed by atoms with Crippen LogP contribution in [0, 0.1) is 0 Å². The number of hydrogen-bond acceptors (Lipinski definition) is 3. The lowest BCUT2D eigenvalue weighted by atomic mass is 10.0. The summed E-state index contributed by atoms with van der Waals surface area (Å²) < 4.78 is 0. The molecular weight excluding hydrogens is 378 g/mol. The number of imide groups is 1. The number of nitrogens with one attached hydrogen (secondary N) is 1. The Labute approximate surface area is 177 Å². The summed E-state index contributed by atoms with van der Waals surface area (Å²) >= 11 is 0. The van der Waals surface area contributed by atoms with Gasteiger partial charge in [0.25, 0.3) is 17.7 Å². The largest absolute Gasteiger partial charge is 0.328 e. The number of rotatable bonds is 6. The molecule has 1 saturated heterocycles. The summed E-state index contributed by atoms with van der Waals surface area (Å²) in [6.45, 7) is 6.59. The number of unbranched alkanes of at least 4 members (excludes halogenated alkanes) is 1. The van der Waals surface area contributed by atoms with Gasteiger partial charge in [-0.3, -0.25) is 19.3 Å². The zero-order valence-corrected chi connectivity index (χ0v) is 17.4. The molecule has 4 rings (SSSR count). The molecule has 1 N–H and O–H groups in total. The fourth-order valence-corrected chi connectivity index (χ4v) is 4.21. The van der Waals surface area contributed by atoms with Crippen LogP contribution in [0.25, 0.3) is 0 Å². The van der Waals surface area contributed by atoms with Crippen LogP contribution in [-0.2, 0) is 6.54 Å². The molecule has 2 aromatic carbocycles. The molecule has 30 heavy (non-hydrogen) atoms. The number of nitrogens with zero attached hydrogens (tertiary/aromatic N) is 2. The Balaban J connectivity index is 1.40. The van der Waals surface area contributed by atoms with E-state index in [-0.39, 0.29) is 17.7 Å². The highest BCUT2D eigenvalue weighted by molar-refractivity contribution is 6.22. The van der Waals surface area contributed by atoms with Gasteiger partial charge in [0, 0.05) is 17.7 Å². The molecule has 3 amide bonds. The first-order valence-corrected chi connectivity index (χ1v) is 10.8. The molecule has 0 bridgehead atoms. The van der Waals surface area contributed by atoms with Gasteiger partial charge in [-0.25, -0.2) is 0 Å². The third-order valence-corrected chi connectivity index (χ3v) is 6.01. The molecule has 0 aliphatic carbocycles. The molecule has 0 aromatic heterocycles. The number of benzene rings is 2. The van der Waals surface area contributed by atoms with E-state index in [4.69, 9.17) is 0 Å². The second kappa shape index (κ2) is 8.79. The predicted octanol–water partition coefficient (Wildman–Crippen LogP) is 1.62. The Morgan fingerprint density at radius 2 is 1.67 bits per heavy atom. The van der Waals surface area contributed by atoms with Crippen molar-refractivity contribution in [3.8, 4) is 0 Å². The minimum absolute atomic E-state index is 0.0659. The van der Waals surface area contributed by atoms with E-state index < -0.39 is 0 Å². The van der Waals surface area contributed by atoms with Crippen molar-refractivity contribution in [2.45, 2.75) is 26.3 Å². The highest BCUT2D eigenvalue weighted by Crippen LogP contribution is 2.25. The first-order valence-electron chi connectivity index (χ1n) is 10.8. The summed E-state index contributed by atoms with van der Waals surface area (Å²) in [7, 11) is 0. The maximum atomic E-state index is 13.0. The Morgan fingerprint density at radius 1 is 0.967 bits per heavy atom. The molecule has 0 radical (unpaired) electrons. The Kier molecular flexibility index (Phi) is 5.95. The minimum atomic E-state index is -0.282. The fourth-order valence-electron chi connectivity index (χ4n) is 4.21. The molecule has 2 aliphatic rings. The van der Waals surface area contributed by atoms with Gasteiger partial charge in [0.1, 0.15) is 6.54 Å². The molecule has 0 spiro atoms. The van der Waals surface area contributed by atoms with E-state index in [9.17, 15) is 14.4 Å². The minimum Gasteiger partial charge on any atom is -0.328 e. The first kappa shape index (κ1) is 20.3. The smallest absolute Gasteiger partial charge is 0.261 e. The lowest BCUT2D eigenvalue weighted by Gasteiger charge is -2.32. The summed E-state index contributed by atoms with van der Waals surface area (Å²) in [6.07, 6.45) is 1.70. The lowest BCUT2D eigenvalue weighted by Crippen LogP contribution is -3.13. The summed E-state index contributed by atoms with van der Waals surface area (Å²) in [5.41, 5.74) is 2.56. The van der Waals surface area contributed by atoms with Gasteiger partial charge in [-0.15, -0.1) is 0 Å². The van der Waals surface area contributed by atoms with E-state index in [0.29, 0.717) is 36.3 Å². The van der Waals surface area contributed by atoms with Gasteiger partial charge in [0.05, 0.1) is 37.3 Å². The topological polar surface area (TPSA) is 62.1 Å². The van der Waals surface area contributed by atoms with Crippen molar-refractivity contribution in [3.63, 3.8) is 0 Å². The molecule has 2 aliphatic heterocycles. The predicted molar refractivity (Wildman–Crippen MR) is 113 cm³/mol. The molecule has 156 valence electrons. The van der Waals surface area contributed by atoms with Gasteiger partial charge in [-0.2, -0.15) is 0 Å². The van der Waals surface area contributed by atoms with Crippen LogP contribution in [0.3, 0.4) is 0 Å². The standard InChI is InChI=1S/C24H27N3O3/c1-2-3-11-27-23(29)20-10-9-19(16-21(20)24(27)30)22(28)26-14-12-25(13-15-26)17-18-7-5-4-6-8-18/h4-10,16H,2-3,11-15,17H2,1H3/p+1. The summed E-state index contributed by atoms with van der Waals surface area (Å²) in [5, 5.41) is 0. The summed E-state index contributed by atoms with van der Waals surface area (Å²) in [6, 6.07) is 15.3. The van der Waals surface area contributed by atoms with E-state index >= 15 is 0 Å². The van der Waals surface area contributed by atoms with Crippen molar-refractivity contribution in [1.82, 2.24) is 9.80 Å². The van der Waals surface area contributed by atoms with Crippen LogP contribution in [0.5, 0.6) is 0 Å². The number of fused-ring (bicyclic) bond motifs is 1. The van der Waals surface area contributed by atoms with E-state index in [1.54, 1.807) is 18.2 Å². The van der Waals surface area contributed by atoms with Crippen molar-refractivity contribution >= 4 is 17.7 Å². The molecular formula is C24H28N3O3+. The Hall–Kier alpha value is -2.99. The highest BCUT2D eigenvalue weighted by atomic mass is 16.2. The van der Waals surface area contributed by atoms with Crippen LogP contribution in [0.2, 0.25) is 0 Å². The van der Waals surface area contributed by atoms with Crippen molar-refractivity contribution in [2.75, 3.05) is 32.7 Å². The van der Waals surface area contributed by atoms with Gasteiger partial charge < -0.3 is 9.80 Å². The highest BCUT2D eigenvalue weighted by Gasteiger charge is 2.36. The van der Waals surface area contributed by atoms with E-state index in [0.717, 1.165) is 32.5 Å². The Bertz CT molecular complexity index is 949. The van der Waals surface area contributed by atoms with Crippen molar-refractivity contribution in [1.29, 1.82) is 0 Å². The van der Waals surface area contributed by atoms with Crippen LogP contribution in [0.15, 0.2) is 48.5 Å². The SMILES string of the molecule is CCCCN1C(=O)c2ccc(C(=O)N3CC[NH+](Cc4ccccc4)CC3)cc2C1=O. The average molecular weight is 407 g/mol. The van der Waals surface area contributed by atoms with Crippen molar-refractivity contribution in [2.24, 2.45) is 0 Å². The number of carbonyl (C=O) groups is 3. The molecule has 6 nitrogen and oxygen atoms in total. The van der Waals surface area contributed by atoms with Gasteiger partial charge in [-0.05, 0) is 24.6 Å². The van der Waals surface area contributed by atoms with Crippen LogP contribution >= 0.6 is 0 Å². The fraction of sp³-hybridized carbons (Fsp3) is 0.375. The third kappa shape index (κ3) is 4.00. The van der Waals surface area contributed by atoms with E-state index in [1.807, 2.05) is 17.9 Å². The van der Waals surface area contributed by atoms with Crippen LogP contribution < -0.4 is 4.90 Å². The van der Waals surface area contributed by atoms with Crippen molar-refractivity contribution in [3.05, 3.63) is 70.8 Å². The van der Waals surface area contributed by atoms with Crippen LogP contribution in [0.4, 0.5) is 0 Å². The number of carbonyl (C=O) groups excluding carboxylic acids is 3. The van der Waals surface area contributed by atoms with Gasteiger partial charge in [0.2, 0.25) is 0 Å². The number of quaternary nitrogens is 1. The molecule has 0 saturated carbocycles. The summed E-state index contributed by atoms with van der Waals surface area (Å²) in [5.74, 6) is -0.598. The van der Waals surface area contributed by atoms with Crippen molar-refractivity contribution < 1.29 is 19.3 Å². The maximum Gasteiger partial charge on any atom is 0.261 e. The molecule has 6 heteroatoms. The molecule has 2 aromatic rings. The maximum absolute atomic E-state index is 13.0. The number of amides is 3. The number of hydrogen-bond donors (Lipinski definition) is 1. The van der Waals surface area contributed by atoms with Gasteiger partial charge in [0.15, 0.2) is 0 Å². The normalized spacial score (nSPS) is 16.8. The average Bonchev–Trinajstić information content (AvgIpc) is 3.02. The molecule has 0 atom stereocenters.